The van der Waals surface area contributed by atoms with Crippen LogP contribution in [0.5, 0.6) is 11.5 Å². The second-order valence-corrected chi connectivity index (χ2v) is 8.77. The Morgan fingerprint density at radius 1 is 0.848 bits per heavy atom. The number of halogens is 1. The first-order valence-electron chi connectivity index (χ1n) is 10.9. The number of ether oxygens (including phenoxy) is 2. The van der Waals surface area contributed by atoms with E-state index in [1.807, 2.05) is 66.7 Å². The number of carbonyl (C=O) groups excluding carboxylic acids is 1. The number of hydrogen-bond donors (Lipinski definition) is 2. The van der Waals surface area contributed by atoms with Crippen LogP contribution in [0.3, 0.4) is 0 Å². The Morgan fingerprint density at radius 2 is 1.55 bits per heavy atom. The highest BCUT2D eigenvalue weighted by Crippen LogP contribution is 2.45. The van der Waals surface area contributed by atoms with Crippen LogP contribution < -0.4 is 20.1 Å². The first-order chi connectivity index (χ1) is 16.1. The molecule has 2 atom stereocenters. The zero-order valence-electron chi connectivity index (χ0n) is 18.5. The average molecular weight is 461 g/mol. The van der Waals surface area contributed by atoms with Crippen molar-refractivity contribution >= 4 is 28.8 Å². The van der Waals surface area contributed by atoms with Gasteiger partial charge in [0, 0.05) is 22.7 Å². The number of benzene rings is 3. The van der Waals surface area contributed by atoms with E-state index in [0.29, 0.717) is 22.9 Å². The van der Waals surface area contributed by atoms with E-state index in [1.165, 1.54) is 0 Å². The zero-order valence-corrected chi connectivity index (χ0v) is 19.3. The van der Waals surface area contributed by atoms with Gasteiger partial charge in [-0.1, -0.05) is 41.9 Å². The Hall–Kier alpha value is -3.44. The third-order valence-electron chi connectivity index (χ3n) is 6.39. The fraction of sp³-hybridized carbons (Fsp3) is 0.222. The predicted octanol–water partition coefficient (Wildman–Crippen LogP) is 6.34. The smallest absolute Gasteiger partial charge is 0.163 e. The number of rotatable bonds is 4. The molecule has 0 fully saturated rings. The van der Waals surface area contributed by atoms with Gasteiger partial charge in [-0.15, -0.1) is 0 Å². The Balaban J connectivity index is 1.57. The summed E-state index contributed by atoms with van der Waals surface area (Å²) in [6.45, 7) is 0. The number of nitrogens with one attached hydrogen (secondary N) is 2. The molecule has 3 aromatic rings. The fourth-order valence-electron chi connectivity index (χ4n) is 4.74. The molecule has 5 nitrogen and oxygen atoms in total. The maximum atomic E-state index is 13.6. The van der Waals surface area contributed by atoms with Gasteiger partial charge in [0.2, 0.25) is 0 Å². The van der Waals surface area contributed by atoms with Gasteiger partial charge in [0.25, 0.3) is 0 Å². The number of anilines is 2. The molecule has 0 saturated heterocycles. The quantitative estimate of drug-likeness (QED) is 0.476. The lowest BCUT2D eigenvalue weighted by Crippen LogP contribution is -2.26. The van der Waals surface area contributed by atoms with Crippen molar-refractivity contribution in [3.05, 3.63) is 94.1 Å². The molecule has 0 radical (unpaired) electrons. The average Bonchev–Trinajstić information content (AvgIpc) is 3.01. The number of carbonyl (C=O) groups is 1. The van der Waals surface area contributed by atoms with Crippen LogP contribution in [-0.4, -0.2) is 20.0 Å². The van der Waals surface area contributed by atoms with Crippen LogP contribution in [0.2, 0.25) is 5.02 Å². The van der Waals surface area contributed by atoms with Gasteiger partial charge in [0.15, 0.2) is 17.3 Å². The van der Waals surface area contributed by atoms with Crippen LogP contribution in [0.15, 0.2) is 78.0 Å². The molecule has 2 aliphatic rings. The minimum absolute atomic E-state index is 0.0414. The van der Waals surface area contributed by atoms with Gasteiger partial charge in [-0.3, -0.25) is 4.79 Å². The molecule has 0 bridgehead atoms. The Morgan fingerprint density at radius 3 is 2.27 bits per heavy atom. The highest BCUT2D eigenvalue weighted by atomic mass is 35.5. The maximum Gasteiger partial charge on any atom is 0.163 e. The van der Waals surface area contributed by atoms with Crippen LogP contribution >= 0.6 is 11.6 Å². The predicted molar refractivity (Wildman–Crippen MR) is 131 cm³/mol. The van der Waals surface area contributed by atoms with Crippen molar-refractivity contribution in [2.45, 2.75) is 24.8 Å². The molecule has 0 saturated carbocycles. The molecular formula is C27H25ClN2O3. The van der Waals surface area contributed by atoms with E-state index < -0.39 is 0 Å². The third-order valence-corrected chi connectivity index (χ3v) is 6.64. The molecule has 168 valence electrons. The summed E-state index contributed by atoms with van der Waals surface area (Å²) >= 11 is 6.13. The second kappa shape index (κ2) is 8.83. The fourth-order valence-corrected chi connectivity index (χ4v) is 4.87. The maximum absolute atomic E-state index is 13.6. The lowest BCUT2D eigenvalue weighted by molar-refractivity contribution is -0.116. The molecule has 1 aliphatic heterocycles. The molecule has 0 spiro atoms. The monoisotopic (exact) mass is 460 g/mol. The Bertz CT molecular complexity index is 1240. The van der Waals surface area contributed by atoms with Crippen LogP contribution in [0, 0.1) is 0 Å². The number of hydrogen-bond acceptors (Lipinski definition) is 5. The number of ketones is 1. The van der Waals surface area contributed by atoms with Crippen molar-refractivity contribution in [1.29, 1.82) is 0 Å². The molecule has 5 rings (SSSR count). The number of allylic oxidation sites excluding steroid dienone is 1. The van der Waals surface area contributed by atoms with Gasteiger partial charge >= 0.3 is 0 Å². The standard InChI is InChI=1S/C27H25ClN2O3/c1-32-24-12-9-17(15-25(24)33-2)18-13-22-26(23(31)14-18)27(16-7-10-19(28)11-8-16)30-21-6-4-3-5-20(21)29-22/h3-12,15,18,27,29-30H,13-14H2,1-2H3/t18-,27-/m0/s1. The van der Waals surface area contributed by atoms with Gasteiger partial charge < -0.3 is 20.1 Å². The van der Waals surface area contributed by atoms with Crippen molar-refractivity contribution < 1.29 is 14.3 Å². The highest BCUT2D eigenvalue weighted by molar-refractivity contribution is 6.30. The molecule has 0 unspecified atom stereocenters. The Labute approximate surface area is 198 Å². The first kappa shape index (κ1) is 21.4. The molecule has 1 heterocycles. The van der Waals surface area contributed by atoms with Crippen molar-refractivity contribution in [3.63, 3.8) is 0 Å². The molecular weight excluding hydrogens is 436 g/mol. The lowest BCUT2D eigenvalue weighted by Gasteiger charge is -2.30. The largest absolute Gasteiger partial charge is 0.493 e. The summed E-state index contributed by atoms with van der Waals surface area (Å²) in [5.74, 6) is 1.52. The third kappa shape index (κ3) is 4.05. The number of methoxy groups -OCH3 is 2. The molecule has 0 amide bonds. The number of para-hydroxylation sites is 2. The van der Waals surface area contributed by atoms with E-state index in [9.17, 15) is 4.79 Å². The van der Waals surface area contributed by atoms with Crippen molar-refractivity contribution in [2.75, 3.05) is 24.9 Å². The van der Waals surface area contributed by atoms with E-state index in [0.717, 1.165) is 40.2 Å². The van der Waals surface area contributed by atoms with E-state index in [4.69, 9.17) is 21.1 Å². The normalized spacial score (nSPS) is 19.5. The topological polar surface area (TPSA) is 59.6 Å². The SMILES string of the molecule is COc1ccc([C@@H]2CC(=O)C3=C(C2)Nc2ccccc2N[C@H]3c2ccc(Cl)cc2)cc1OC. The summed E-state index contributed by atoms with van der Waals surface area (Å²) in [6.07, 6.45) is 1.15. The van der Waals surface area contributed by atoms with Gasteiger partial charge in [0.05, 0.1) is 31.6 Å². The van der Waals surface area contributed by atoms with Crippen molar-refractivity contribution in [3.8, 4) is 11.5 Å². The summed E-state index contributed by atoms with van der Waals surface area (Å²) in [5, 5.41) is 7.83. The summed E-state index contributed by atoms with van der Waals surface area (Å²) in [4.78, 5) is 13.6. The van der Waals surface area contributed by atoms with E-state index in [1.54, 1.807) is 14.2 Å². The van der Waals surface area contributed by atoms with Gasteiger partial charge in [-0.25, -0.2) is 0 Å². The lowest BCUT2D eigenvalue weighted by atomic mass is 9.78. The van der Waals surface area contributed by atoms with Crippen LogP contribution in [0.1, 0.15) is 35.9 Å². The minimum atomic E-state index is -0.257. The molecule has 6 heteroatoms. The van der Waals surface area contributed by atoms with Crippen molar-refractivity contribution in [2.24, 2.45) is 0 Å². The van der Waals surface area contributed by atoms with E-state index in [-0.39, 0.29) is 17.7 Å². The van der Waals surface area contributed by atoms with Crippen molar-refractivity contribution in [1.82, 2.24) is 0 Å². The van der Waals surface area contributed by atoms with Gasteiger partial charge in [-0.2, -0.15) is 0 Å². The summed E-state index contributed by atoms with van der Waals surface area (Å²) in [7, 11) is 3.25. The van der Waals surface area contributed by atoms with Gasteiger partial charge in [-0.05, 0) is 59.9 Å². The molecule has 0 aromatic heterocycles. The van der Waals surface area contributed by atoms with Gasteiger partial charge in [0.1, 0.15) is 0 Å². The highest BCUT2D eigenvalue weighted by Gasteiger charge is 2.36. The molecule has 3 aromatic carbocycles. The molecule has 33 heavy (non-hydrogen) atoms. The molecule has 2 N–H and O–H groups in total. The van der Waals surface area contributed by atoms with Crippen LogP contribution in [-0.2, 0) is 4.79 Å². The summed E-state index contributed by atoms with van der Waals surface area (Å²) < 4.78 is 10.9. The first-order valence-corrected chi connectivity index (χ1v) is 11.3. The van der Waals surface area contributed by atoms with E-state index in [2.05, 4.69) is 10.6 Å². The van der Waals surface area contributed by atoms with E-state index >= 15 is 0 Å². The number of Topliss-reactive ketones (excluding diaryl/α,β-unsaturated/α-hetero) is 1. The Kier molecular flexibility index (Phi) is 5.73. The second-order valence-electron chi connectivity index (χ2n) is 8.33. The zero-order chi connectivity index (χ0) is 22.9. The minimum Gasteiger partial charge on any atom is -0.493 e. The van der Waals surface area contributed by atoms with Crippen LogP contribution in [0.4, 0.5) is 11.4 Å². The summed E-state index contributed by atoms with van der Waals surface area (Å²) in [5.41, 5.74) is 5.71. The van der Waals surface area contributed by atoms with Crippen LogP contribution in [0.25, 0.3) is 0 Å². The molecule has 1 aliphatic carbocycles. The summed E-state index contributed by atoms with van der Waals surface area (Å²) in [6, 6.07) is 21.4. The number of fused-ring (bicyclic) bond motifs is 1.